The van der Waals surface area contributed by atoms with Crippen LogP contribution in [0.25, 0.3) is 0 Å². The minimum atomic E-state index is -0.0103. The molecule has 2 aromatic carbocycles. The van der Waals surface area contributed by atoms with Crippen LogP contribution in [0.5, 0.6) is 5.75 Å². The van der Waals surface area contributed by atoms with Gasteiger partial charge in [0.1, 0.15) is 5.75 Å². The summed E-state index contributed by atoms with van der Waals surface area (Å²) in [5, 5.41) is 6.14. The molecule has 0 bridgehead atoms. The molecule has 1 fully saturated rings. The first-order chi connectivity index (χ1) is 14.1. The van der Waals surface area contributed by atoms with Gasteiger partial charge in [-0.15, -0.1) is 0 Å². The van der Waals surface area contributed by atoms with Gasteiger partial charge in [-0.3, -0.25) is 9.59 Å². The summed E-state index contributed by atoms with van der Waals surface area (Å²) in [6, 6.07) is 17.7. The van der Waals surface area contributed by atoms with Gasteiger partial charge < -0.3 is 15.4 Å². The molecule has 3 rings (SSSR count). The average Bonchev–Trinajstić information content (AvgIpc) is 2.78. The largest absolute Gasteiger partial charge is 0.497 e. The van der Waals surface area contributed by atoms with E-state index in [-0.39, 0.29) is 29.7 Å². The van der Waals surface area contributed by atoms with Gasteiger partial charge in [-0.05, 0) is 55.9 Å². The van der Waals surface area contributed by atoms with E-state index in [0.717, 1.165) is 42.6 Å². The minimum Gasteiger partial charge on any atom is -0.497 e. The molecular weight excluding hydrogens is 364 g/mol. The molecule has 2 N–H and O–H groups in total. The molecule has 29 heavy (non-hydrogen) atoms. The Bertz CT molecular complexity index is 797. The Morgan fingerprint density at radius 3 is 2.10 bits per heavy atom. The molecule has 1 aliphatic rings. The number of rotatable bonds is 7. The highest BCUT2D eigenvalue weighted by molar-refractivity contribution is 5.81. The van der Waals surface area contributed by atoms with E-state index in [9.17, 15) is 9.59 Å². The molecule has 0 saturated heterocycles. The molecular formula is C24H30N2O3. The van der Waals surface area contributed by atoms with Gasteiger partial charge in [-0.25, -0.2) is 0 Å². The van der Waals surface area contributed by atoms with Gasteiger partial charge >= 0.3 is 0 Å². The maximum Gasteiger partial charge on any atom is 0.223 e. The van der Waals surface area contributed by atoms with Crippen molar-refractivity contribution in [3.05, 3.63) is 65.7 Å². The molecule has 154 valence electrons. The first-order valence-corrected chi connectivity index (χ1v) is 10.3. The van der Waals surface area contributed by atoms with Crippen LogP contribution in [-0.2, 0) is 16.1 Å². The first kappa shape index (κ1) is 20.9. The van der Waals surface area contributed by atoms with Crippen LogP contribution < -0.4 is 15.4 Å². The Hall–Kier alpha value is -2.82. The third kappa shape index (κ3) is 5.83. The molecule has 0 radical (unpaired) electrons. The SMILES string of the molecule is COc1ccc(CNC(=O)C2CCC(C(=O)NC(C)c3ccccc3)CC2)cc1. The Kier molecular flexibility index (Phi) is 7.28. The molecule has 5 heteroatoms. The molecule has 0 spiro atoms. The number of hydrogen-bond donors (Lipinski definition) is 2. The topological polar surface area (TPSA) is 67.4 Å². The van der Waals surface area contributed by atoms with E-state index in [1.54, 1.807) is 7.11 Å². The predicted molar refractivity (Wildman–Crippen MR) is 113 cm³/mol. The van der Waals surface area contributed by atoms with Crippen LogP contribution in [0.2, 0.25) is 0 Å². The van der Waals surface area contributed by atoms with E-state index >= 15 is 0 Å². The van der Waals surface area contributed by atoms with Gasteiger partial charge in [-0.1, -0.05) is 42.5 Å². The third-order valence-corrected chi connectivity index (χ3v) is 5.75. The van der Waals surface area contributed by atoms with Gasteiger partial charge in [0, 0.05) is 18.4 Å². The predicted octanol–water partition coefficient (Wildman–Crippen LogP) is 4.00. The van der Waals surface area contributed by atoms with Crippen molar-refractivity contribution in [2.45, 2.75) is 45.2 Å². The molecule has 1 saturated carbocycles. The highest BCUT2D eigenvalue weighted by Crippen LogP contribution is 2.29. The van der Waals surface area contributed by atoms with Gasteiger partial charge in [-0.2, -0.15) is 0 Å². The molecule has 1 aliphatic carbocycles. The summed E-state index contributed by atoms with van der Waals surface area (Å²) in [6.07, 6.45) is 3.03. The average molecular weight is 395 g/mol. The van der Waals surface area contributed by atoms with Crippen molar-refractivity contribution in [1.29, 1.82) is 0 Å². The van der Waals surface area contributed by atoms with Crippen LogP contribution in [0.3, 0.4) is 0 Å². The maximum absolute atomic E-state index is 12.6. The van der Waals surface area contributed by atoms with Crippen LogP contribution in [0, 0.1) is 11.8 Å². The van der Waals surface area contributed by atoms with Gasteiger partial charge in [0.25, 0.3) is 0 Å². The number of carbonyl (C=O) groups excluding carboxylic acids is 2. The molecule has 0 aromatic heterocycles. The number of amides is 2. The maximum atomic E-state index is 12.6. The molecule has 1 unspecified atom stereocenters. The van der Waals surface area contributed by atoms with Crippen LogP contribution in [0.4, 0.5) is 0 Å². The highest BCUT2D eigenvalue weighted by Gasteiger charge is 2.30. The Labute approximate surface area is 172 Å². The number of methoxy groups -OCH3 is 1. The van der Waals surface area contributed by atoms with Gasteiger partial charge in [0.2, 0.25) is 11.8 Å². The summed E-state index contributed by atoms with van der Waals surface area (Å²) < 4.78 is 5.15. The summed E-state index contributed by atoms with van der Waals surface area (Å²) in [4.78, 5) is 25.1. The summed E-state index contributed by atoms with van der Waals surface area (Å²) >= 11 is 0. The second kappa shape index (κ2) is 10.1. The number of hydrogen-bond acceptors (Lipinski definition) is 3. The quantitative estimate of drug-likeness (QED) is 0.746. The van der Waals surface area contributed by atoms with E-state index < -0.39 is 0 Å². The van der Waals surface area contributed by atoms with Crippen LogP contribution >= 0.6 is 0 Å². The van der Waals surface area contributed by atoms with Crippen LogP contribution in [0.15, 0.2) is 54.6 Å². The molecule has 5 nitrogen and oxygen atoms in total. The summed E-state index contributed by atoms with van der Waals surface area (Å²) in [5.74, 6) is 0.963. The van der Waals surface area contributed by atoms with E-state index in [1.807, 2.05) is 61.5 Å². The lowest BCUT2D eigenvalue weighted by Gasteiger charge is -2.28. The fourth-order valence-electron chi connectivity index (χ4n) is 3.85. The van der Waals surface area contributed by atoms with E-state index in [0.29, 0.717) is 6.54 Å². The van der Waals surface area contributed by atoms with Crippen molar-refractivity contribution in [1.82, 2.24) is 10.6 Å². The lowest BCUT2D eigenvalue weighted by atomic mass is 9.81. The molecule has 2 aromatic rings. The number of nitrogens with one attached hydrogen (secondary N) is 2. The van der Waals surface area contributed by atoms with Crippen molar-refractivity contribution in [2.24, 2.45) is 11.8 Å². The fourth-order valence-corrected chi connectivity index (χ4v) is 3.85. The zero-order chi connectivity index (χ0) is 20.6. The highest BCUT2D eigenvalue weighted by atomic mass is 16.5. The van der Waals surface area contributed by atoms with E-state index in [1.165, 1.54) is 0 Å². The Balaban J connectivity index is 1.42. The number of benzene rings is 2. The summed E-state index contributed by atoms with van der Waals surface area (Å²) in [7, 11) is 1.63. The molecule has 1 atom stereocenters. The van der Waals surface area contributed by atoms with Crippen molar-refractivity contribution < 1.29 is 14.3 Å². The normalized spacial score (nSPS) is 19.8. The van der Waals surface area contributed by atoms with Crippen molar-refractivity contribution in [2.75, 3.05) is 7.11 Å². The Morgan fingerprint density at radius 2 is 1.52 bits per heavy atom. The van der Waals surface area contributed by atoms with Gasteiger partial charge in [0.05, 0.1) is 13.2 Å². The smallest absolute Gasteiger partial charge is 0.223 e. The van der Waals surface area contributed by atoms with Gasteiger partial charge in [0.15, 0.2) is 0 Å². The fraction of sp³-hybridized carbons (Fsp3) is 0.417. The van der Waals surface area contributed by atoms with Crippen molar-refractivity contribution in [3.8, 4) is 5.75 Å². The zero-order valence-corrected chi connectivity index (χ0v) is 17.2. The lowest BCUT2D eigenvalue weighted by molar-refractivity contribution is -0.131. The number of carbonyl (C=O) groups is 2. The lowest BCUT2D eigenvalue weighted by Crippen LogP contribution is -2.38. The third-order valence-electron chi connectivity index (χ3n) is 5.75. The van der Waals surface area contributed by atoms with Crippen molar-refractivity contribution in [3.63, 3.8) is 0 Å². The molecule has 0 heterocycles. The van der Waals surface area contributed by atoms with E-state index in [2.05, 4.69) is 10.6 Å². The van der Waals surface area contributed by atoms with Crippen molar-refractivity contribution >= 4 is 11.8 Å². The Morgan fingerprint density at radius 1 is 0.931 bits per heavy atom. The minimum absolute atomic E-state index is 0.00535. The summed E-state index contributed by atoms with van der Waals surface area (Å²) in [6.45, 7) is 2.52. The number of ether oxygens (including phenoxy) is 1. The monoisotopic (exact) mass is 394 g/mol. The van der Waals surface area contributed by atoms with E-state index in [4.69, 9.17) is 4.74 Å². The molecule has 0 aliphatic heterocycles. The summed E-state index contributed by atoms with van der Waals surface area (Å²) in [5.41, 5.74) is 2.15. The zero-order valence-electron chi connectivity index (χ0n) is 17.2. The standard InChI is InChI=1S/C24H30N2O3/c1-17(19-6-4-3-5-7-19)26-24(28)21-12-10-20(11-13-21)23(27)25-16-18-8-14-22(29-2)15-9-18/h3-9,14-15,17,20-21H,10-13,16H2,1-2H3,(H,25,27)(H,26,28). The first-order valence-electron chi connectivity index (χ1n) is 10.3. The molecule has 2 amide bonds. The second-order valence-electron chi connectivity index (χ2n) is 7.76. The van der Waals surface area contributed by atoms with Crippen LogP contribution in [-0.4, -0.2) is 18.9 Å². The second-order valence-corrected chi connectivity index (χ2v) is 7.76. The van der Waals surface area contributed by atoms with Crippen LogP contribution in [0.1, 0.15) is 49.8 Å².